The Morgan fingerprint density at radius 3 is 2.05 bits per heavy atom. The van der Waals surface area contributed by atoms with E-state index in [0.29, 0.717) is 5.69 Å². The highest BCUT2D eigenvalue weighted by Gasteiger charge is 2.28. The Labute approximate surface area is 237 Å². The Morgan fingerprint density at radius 1 is 0.825 bits per heavy atom. The van der Waals surface area contributed by atoms with E-state index >= 15 is 0 Å². The summed E-state index contributed by atoms with van der Waals surface area (Å²) in [5, 5.41) is 4.18. The van der Waals surface area contributed by atoms with Crippen molar-refractivity contribution in [1.29, 1.82) is 0 Å². The standard InChI is InChI=1S/C32H36N4O3S/c1-21-8-12-29(13-9-21)40(38,39)35(30-14-10-22(2)16-24(30)4)20-32(37)34-33-19-28-18-26(6)36(27(28)7)31-15-11-23(3)17-25(31)5/h8-19H,20H2,1-7H3,(H,34,37)/b33-19-. The number of anilines is 1. The van der Waals surface area contributed by atoms with Gasteiger partial charge in [-0.25, -0.2) is 13.8 Å². The van der Waals surface area contributed by atoms with Crippen LogP contribution in [0.1, 0.15) is 44.8 Å². The summed E-state index contributed by atoms with van der Waals surface area (Å²) < 4.78 is 30.7. The van der Waals surface area contributed by atoms with E-state index in [2.05, 4.69) is 47.1 Å². The van der Waals surface area contributed by atoms with Crippen LogP contribution in [-0.2, 0) is 14.8 Å². The van der Waals surface area contributed by atoms with Crippen molar-refractivity contribution in [3.63, 3.8) is 0 Å². The van der Waals surface area contributed by atoms with Crippen LogP contribution in [-0.4, -0.2) is 31.7 Å². The number of amides is 1. The number of rotatable bonds is 8. The summed E-state index contributed by atoms with van der Waals surface area (Å²) in [6, 6.07) is 20.4. The molecule has 4 aromatic rings. The molecule has 0 spiro atoms. The summed E-state index contributed by atoms with van der Waals surface area (Å²) in [7, 11) is -4.01. The van der Waals surface area contributed by atoms with Crippen molar-refractivity contribution < 1.29 is 13.2 Å². The Morgan fingerprint density at radius 2 is 1.43 bits per heavy atom. The molecule has 0 aliphatic heterocycles. The van der Waals surface area contributed by atoms with Crippen molar-refractivity contribution in [3.05, 3.63) is 111 Å². The van der Waals surface area contributed by atoms with E-state index in [9.17, 15) is 13.2 Å². The highest BCUT2D eigenvalue weighted by molar-refractivity contribution is 7.92. The van der Waals surface area contributed by atoms with Gasteiger partial charge in [0.25, 0.3) is 15.9 Å². The van der Waals surface area contributed by atoms with Crippen LogP contribution >= 0.6 is 0 Å². The average molecular weight is 557 g/mol. The van der Waals surface area contributed by atoms with Crippen LogP contribution in [0.5, 0.6) is 0 Å². The lowest BCUT2D eigenvalue weighted by Gasteiger charge is -2.25. The molecule has 0 saturated heterocycles. The summed E-state index contributed by atoms with van der Waals surface area (Å²) in [5.74, 6) is -0.546. The van der Waals surface area contributed by atoms with E-state index in [0.717, 1.165) is 43.6 Å². The fraction of sp³-hybridized carbons (Fsp3) is 0.250. The van der Waals surface area contributed by atoms with Gasteiger partial charge in [-0.3, -0.25) is 9.10 Å². The summed E-state index contributed by atoms with van der Waals surface area (Å²) in [5.41, 5.74) is 12.0. The van der Waals surface area contributed by atoms with Crippen LogP contribution in [0.3, 0.4) is 0 Å². The topological polar surface area (TPSA) is 83.8 Å². The molecule has 1 heterocycles. The number of hydrogen-bond acceptors (Lipinski definition) is 4. The van der Waals surface area contributed by atoms with Gasteiger partial charge in [0, 0.05) is 22.6 Å². The number of nitrogens with zero attached hydrogens (tertiary/aromatic N) is 3. The molecular formula is C32H36N4O3S. The van der Waals surface area contributed by atoms with Gasteiger partial charge >= 0.3 is 0 Å². The second-order valence-electron chi connectivity index (χ2n) is 10.4. The molecule has 1 amide bonds. The van der Waals surface area contributed by atoms with Crippen molar-refractivity contribution >= 4 is 27.8 Å². The van der Waals surface area contributed by atoms with Crippen molar-refractivity contribution in [2.75, 3.05) is 10.8 Å². The van der Waals surface area contributed by atoms with E-state index in [1.54, 1.807) is 36.5 Å². The minimum absolute atomic E-state index is 0.119. The van der Waals surface area contributed by atoms with Crippen molar-refractivity contribution in [1.82, 2.24) is 9.99 Å². The zero-order chi connectivity index (χ0) is 29.2. The summed E-state index contributed by atoms with van der Waals surface area (Å²) in [4.78, 5) is 13.2. The van der Waals surface area contributed by atoms with E-state index in [1.165, 1.54) is 11.1 Å². The minimum Gasteiger partial charge on any atom is -0.318 e. The molecule has 7 nitrogen and oxygen atoms in total. The molecule has 0 fully saturated rings. The van der Waals surface area contributed by atoms with Crippen LogP contribution in [0.4, 0.5) is 5.69 Å². The maximum Gasteiger partial charge on any atom is 0.264 e. The van der Waals surface area contributed by atoms with Gasteiger partial charge in [-0.05, 0) is 89.9 Å². The van der Waals surface area contributed by atoms with Gasteiger partial charge in [0.05, 0.1) is 16.8 Å². The van der Waals surface area contributed by atoms with E-state index < -0.39 is 22.5 Å². The number of carbonyl (C=O) groups is 1. The maximum absolute atomic E-state index is 13.7. The van der Waals surface area contributed by atoms with Crippen LogP contribution in [0, 0.1) is 48.5 Å². The zero-order valence-electron chi connectivity index (χ0n) is 24.1. The molecule has 0 saturated carbocycles. The van der Waals surface area contributed by atoms with E-state index in [4.69, 9.17) is 0 Å². The van der Waals surface area contributed by atoms with Crippen molar-refractivity contribution in [3.8, 4) is 5.69 Å². The fourth-order valence-corrected chi connectivity index (χ4v) is 6.39. The summed E-state index contributed by atoms with van der Waals surface area (Å²) in [6.45, 7) is 13.4. The number of nitrogens with one attached hydrogen (secondary N) is 1. The Kier molecular flexibility index (Phi) is 8.30. The van der Waals surface area contributed by atoms with Crippen LogP contribution < -0.4 is 9.73 Å². The summed E-state index contributed by atoms with van der Waals surface area (Å²) in [6.07, 6.45) is 1.59. The molecule has 0 radical (unpaired) electrons. The number of aromatic nitrogens is 1. The van der Waals surface area contributed by atoms with E-state index in [-0.39, 0.29) is 4.90 Å². The number of benzene rings is 3. The van der Waals surface area contributed by atoms with Gasteiger partial charge in [-0.15, -0.1) is 0 Å². The molecular weight excluding hydrogens is 520 g/mol. The molecule has 4 rings (SSSR count). The lowest BCUT2D eigenvalue weighted by molar-refractivity contribution is -0.119. The molecule has 1 aromatic heterocycles. The number of hydrogen-bond donors (Lipinski definition) is 1. The normalized spacial score (nSPS) is 11.7. The molecule has 0 aliphatic carbocycles. The van der Waals surface area contributed by atoms with Crippen LogP contribution in [0.25, 0.3) is 5.69 Å². The van der Waals surface area contributed by atoms with Gasteiger partial charge < -0.3 is 4.57 Å². The number of carbonyl (C=O) groups excluding carboxylic acids is 1. The second-order valence-corrected chi connectivity index (χ2v) is 12.2. The van der Waals surface area contributed by atoms with Crippen molar-refractivity contribution in [2.24, 2.45) is 5.10 Å². The van der Waals surface area contributed by atoms with Gasteiger partial charge in [0.15, 0.2) is 0 Å². The van der Waals surface area contributed by atoms with E-state index in [1.807, 2.05) is 52.8 Å². The van der Waals surface area contributed by atoms with Crippen LogP contribution in [0.2, 0.25) is 0 Å². The molecule has 8 heteroatoms. The number of hydrazone groups is 1. The third-order valence-electron chi connectivity index (χ3n) is 6.97. The Bertz CT molecular complexity index is 1700. The first-order valence-electron chi connectivity index (χ1n) is 13.1. The first kappa shape index (κ1) is 28.8. The van der Waals surface area contributed by atoms with Crippen molar-refractivity contribution in [2.45, 2.75) is 53.4 Å². The molecule has 0 bridgehead atoms. The Hall–Kier alpha value is -4.17. The largest absolute Gasteiger partial charge is 0.318 e. The van der Waals surface area contributed by atoms with Gasteiger partial charge in [-0.1, -0.05) is 53.1 Å². The monoisotopic (exact) mass is 556 g/mol. The third kappa shape index (κ3) is 6.02. The smallest absolute Gasteiger partial charge is 0.264 e. The van der Waals surface area contributed by atoms with Gasteiger partial charge in [-0.2, -0.15) is 5.10 Å². The summed E-state index contributed by atoms with van der Waals surface area (Å²) >= 11 is 0. The minimum atomic E-state index is -4.01. The van der Waals surface area contributed by atoms with Crippen LogP contribution in [0.15, 0.2) is 76.7 Å². The first-order valence-corrected chi connectivity index (χ1v) is 14.6. The molecule has 1 N–H and O–H groups in total. The molecule has 0 unspecified atom stereocenters. The first-order chi connectivity index (χ1) is 18.9. The average Bonchev–Trinajstić information content (AvgIpc) is 3.16. The lowest BCUT2D eigenvalue weighted by Crippen LogP contribution is -2.40. The highest BCUT2D eigenvalue weighted by atomic mass is 32.2. The molecule has 0 aliphatic rings. The number of sulfonamides is 1. The highest BCUT2D eigenvalue weighted by Crippen LogP contribution is 2.28. The quantitative estimate of drug-likeness (QED) is 0.214. The number of aryl methyl sites for hydroxylation is 6. The molecule has 0 atom stereocenters. The SMILES string of the molecule is Cc1ccc(S(=O)(=O)N(CC(=O)N/N=C\c2cc(C)n(-c3ccc(C)cc3C)c2C)c2ccc(C)cc2C)cc1. The Balaban J connectivity index is 1.58. The second kappa shape index (κ2) is 11.5. The predicted molar refractivity (Wildman–Crippen MR) is 162 cm³/mol. The predicted octanol–water partition coefficient (Wildman–Crippen LogP) is 5.98. The zero-order valence-corrected chi connectivity index (χ0v) is 24.9. The van der Waals surface area contributed by atoms with Gasteiger partial charge in [0.1, 0.15) is 6.54 Å². The third-order valence-corrected chi connectivity index (χ3v) is 8.75. The van der Waals surface area contributed by atoms with Gasteiger partial charge in [0.2, 0.25) is 0 Å². The lowest BCUT2D eigenvalue weighted by atomic mass is 10.1. The fourth-order valence-electron chi connectivity index (χ4n) is 4.91. The maximum atomic E-state index is 13.7. The molecule has 40 heavy (non-hydrogen) atoms. The molecule has 3 aromatic carbocycles. The molecule has 208 valence electrons.